The predicted molar refractivity (Wildman–Crippen MR) is 97.7 cm³/mol. The summed E-state index contributed by atoms with van der Waals surface area (Å²) < 4.78 is 10.4. The summed E-state index contributed by atoms with van der Waals surface area (Å²) in [6.45, 7) is 2.04. The second-order valence-electron chi connectivity index (χ2n) is 6.10. The van der Waals surface area contributed by atoms with Gasteiger partial charge in [-0.3, -0.25) is 19.2 Å². The number of methoxy groups -OCH3 is 2. The summed E-state index contributed by atoms with van der Waals surface area (Å²) in [6, 6.07) is 3.01. The van der Waals surface area contributed by atoms with Gasteiger partial charge in [-0.1, -0.05) is 13.3 Å². The van der Waals surface area contributed by atoms with Crippen molar-refractivity contribution in [3.8, 4) is 11.5 Å². The van der Waals surface area contributed by atoms with Gasteiger partial charge < -0.3 is 9.47 Å². The standard InChI is InChI=1S/C18H20N2O6S/c1-4-5-8-27-12-9-13(21)19(16(12)22)20-17(23)14-10(25-2)6-7-11(26-3)15(14)18(20)24/h6-7,12H,4-5,8-9H2,1-3H3. The van der Waals surface area contributed by atoms with E-state index in [1.54, 1.807) is 0 Å². The topological polar surface area (TPSA) is 93.2 Å². The second-order valence-corrected chi connectivity index (χ2v) is 7.41. The predicted octanol–water partition coefficient (Wildman–Crippen LogP) is 1.88. The third-order valence-corrected chi connectivity index (χ3v) is 5.77. The van der Waals surface area contributed by atoms with Gasteiger partial charge in [0.05, 0.1) is 19.5 Å². The summed E-state index contributed by atoms with van der Waals surface area (Å²) in [6.07, 6.45) is 1.86. The molecule has 4 amide bonds. The Morgan fingerprint density at radius 3 is 2.04 bits per heavy atom. The van der Waals surface area contributed by atoms with Crippen molar-refractivity contribution < 1.29 is 28.7 Å². The molecule has 0 N–H and O–H groups in total. The van der Waals surface area contributed by atoms with E-state index < -0.39 is 28.9 Å². The number of imide groups is 2. The first-order valence-electron chi connectivity index (χ1n) is 8.58. The minimum Gasteiger partial charge on any atom is -0.496 e. The zero-order chi connectivity index (χ0) is 19.7. The Morgan fingerprint density at radius 1 is 1.00 bits per heavy atom. The van der Waals surface area contributed by atoms with E-state index in [0.29, 0.717) is 10.0 Å². The Kier molecular flexibility index (Phi) is 5.41. The van der Waals surface area contributed by atoms with Crippen LogP contribution in [0.1, 0.15) is 46.9 Å². The van der Waals surface area contributed by atoms with E-state index in [1.807, 2.05) is 6.92 Å². The number of fused-ring (bicyclic) bond motifs is 1. The molecule has 2 aliphatic rings. The highest BCUT2D eigenvalue weighted by Crippen LogP contribution is 2.39. The fraction of sp³-hybridized carbons (Fsp3) is 0.444. The van der Waals surface area contributed by atoms with E-state index in [9.17, 15) is 19.2 Å². The van der Waals surface area contributed by atoms with Crippen LogP contribution in [-0.4, -0.2) is 58.9 Å². The first-order chi connectivity index (χ1) is 13.0. The lowest BCUT2D eigenvalue weighted by molar-refractivity contribution is -0.149. The van der Waals surface area contributed by atoms with E-state index in [0.717, 1.165) is 18.6 Å². The van der Waals surface area contributed by atoms with Crippen LogP contribution in [0.15, 0.2) is 12.1 Å². The molecule has 0 bridgehead atoms. The lowest BCUT2D eigenvalue weighted by Crippen LogP contribution is -2.50. The highest BCUT2D eigenvalue weighted by molar-refractivity contribution is 8.00. The Bertz CT molecular complexity index is 781. The Hall–Kier alpha value is -2.55. The number of hydrogen-bond donors (Lipinski definition) is 0. The Morgan fingerprint density at radius 2 is 1.56 bits per heavy atom. The van der Waals surface area contributed by atoms with Crippen molar-refractivity contribution in [3.05, 3.63) is 23.3 Å². The zero-order valence-electron chi connectivity index (χ0n) is 15.3. The van der Waals surface area contributed by atoms with E-state index in [4.69, 9.17) is 9.47 Å². The van der Waals surface area contributed by atoms with Gasteiger partial charge in [0.15, 0.2) is 0 Å². The van der Waals surface area contributed by atoms with Gasteiger partial charge in [-0.2, -0.15) is 10.0 Å². The molecule has 1 saturated heterocycles. The fourth-order valence-corrected chi connectivity index (χ4v) is 4.36. The quantitative estimate of drug-likeness (QED) is 0.517. The first kappa shape index (κ1) is 19.2. The maximum Gasteiger partial charge on any atom is 0.285 e. The molecule has 9 heteroatoms. The van der Waals surface area contributed by atoms with Gasteiger partial charge in [-0.15, -0.1) is 11.8 Å². The number of nitrogens with zero attached hydrogens (tertiary/aromatic N) is 2. The minimum absolute atomic E-state index is 0.00969. The van der Waals surface area contributed by atoms with E-state index in [1.165, 1.54) is 38.1 Å². The molecule has 1 aromatic rings. The summed E-state index contributed by atoms with van der Waals surface area (Å²) in [4.78, 5) is 51.0. The van der Waals surface area contributed by atoms with Crippen LogP contribution in [0.4, 0.5) is 0 Å². The molecule has 0 saturated carbocycles. The molecular weight excluding hydrogens is 372 g/mol. The average molecular weight is 392 g/mol. The van der Waals surface area contributed by atoms with Crippen molar-refractivity contribution in [1.29, 1.82) is 0 Å². The molecule has 0 spiro atoms. The molecular formula is C18H20N2O6S. The monoisotopic (exact) mass is 392 g/mol. The zero-order valence-corrected chi connectivity index (χ0v) is 16.1. The van der Waals surface area contributed by atoms with Crippen LogP contribution in [0.3, 0.4) is 0 Å². The highest BCUT2D eigenvalue weighted by Gasteiger charge is 2.51. The Balaban J connectivity index is 1.94. The molecule has 2 heterocycles. The lowest BCUT2D eigenvalue weighted by atomic mass is 10.1. The summed E-state index contributed by atoms with van der Waals surface area (Å²) in [5.41, 5.74) is -0.0194. The summed E-state index contributed by atoms with van der Waals surface area (Å²) in [7, 11) is 2.74. The summed E-state index contributed by atoms with van der Waals surface area (Å²) in [5, 5.41) is 0.700. The molecule has 3 rings (SSSR count). The second kappa shape index (κ2) is 7.59. The normalized spacial score (nSPS) is 19.1. The van der Waals surface area contributed by atoms with Crippen molar-refractivity contribution in [2.24, 2.45) is 0 Å². The number of hydrogen-bond acceptors (Lipinski definition) is 7. The summed E-state index contributed by atoms with van der Waals surface area (Å²) in [5.74, 6) is -1.56. The minimum atomic E-state index is -0.772. The number of carbonyl (C=O) groups is 4. The van der Waals surface area contributed by atoms with Gasteiger partial charge in [0.1, 0.15) is 22.6 Å². The van der Waals surface area contributed by atoms with Gasteiger partial charge in [0.25, 0.3) is 23.6 Å². The lowest BCUT2D eigenvalue weighted by Gasteiger charge is -2.23. The molecule has 0 aromatic heterocycles. The molecule has 1 fully saturated rings. The maximum absolute atomic E-state index is 12.9. The smallest absolute Gasteiger partial charge is 0.285 e. The number of thioether (sulfide) groups is 1. The Labute approximate surface area is 160 Å². The van der Waals surface area contributed by atoms with Gasteiger partial charge in [-0.05, 0) is 24.3 Å². The molecule has 2 aliphatic heterocycles. The van der Waals surface area contributed by atoms with Gasteiger partial charge in [-0.25, -0.2) is 0 Å². The van der Waals surface area contributed by atoms with Gasteiger partial charge in [0, 0.05) is 6.42 Å². The number of amides is 4. The van der Waals surface area contributed by atoms with Gasteiger partial charge in [0.2, 0.25) is 0 Å². The van der Waals surface area contributed by atoms with Crippen LogP contribution in [0, 0.1) is 0 Å². The van der Waals surface area contributed by atoms with E-state index in [-0.39, 0.29) is 29.0 Å². The SMILES string of the molecule is CCCCSC1CC(=O)N(N2C(=O)c3c(OC)ccc(OC)c3C2=O)C1=O. The molecule has 1 atom stereocenters. The van der Waals surface area contributed by atoms with Crippen LogP contribution in [0.5, 0.6) is 11.5 Å². The van der Waals surface area contributed by atoms with Crippen molar-refractivity contribution in [2.75, 3.05) is 20.0 Å². The van der Waals surface area contributed by atoms with Gasteiger partial charge >= 0.3 is 0 Å². The van der Waals surface area contributed by atoms with Crippen molar-refractivity contribution in [2.45, 2.75) is 31.4 Å². The first-order valence-corrected chi connectivity index (χ1v) is 9.63. The molecule has 8 nitrogen and oxygen atoms in total. The van der Waals surface area contributed by atoms with Crippen molar-refractivity contribution in [3.63, 3.8) is 0 Å². The number of ether oxygens (including phenoxy) is 2. The number of benzene rings is 1. The number of hydrazine groups is 1. The van der Waals surface area contributed by atoms with Crippen LogP contribution >= 0.6 is 11.8 Å². The van der Waals surface area contributed by atoms with E-state index in [2.05, 4.69) is 0 Å². The maximum atomic E-state index is 12.9. The van der Waals surface area contributed by atoms with Crippen LogP contribution in [0.25, 0.3) is 0 Å². The van der Waals surface area contributed by atoms with Crippen LogP contribution < -0.4 is 9.47 Å². The largest absolute Gasteiger partial charge is 0.496 e. The molecule has 144 valence electrons. The van der Waals surface area contributed by atoms with E-state index >= 15 is 0 Å². The highest BCUT2D eigenvalue weighted by atomic mass is 32.2. The third kappa shape index (κ3) is 3.05. The molecule has 1 aromatic carbocycles. The molecule has 1 unspecified atom stereocenters. The number of unbranched alkanes of at least 4 members (excludes halogenated alkanes) is 1. The summed E-state index contributed by atoms with van der Waals surface area (Å²) >= 11 is 1.37. The third-order valence-electron chi connectivity index (χ3n) is 4.48. The molecule has 27 heavy (non-hydrogen) atoms. The van der Waals surface area contributed by atoms with Crippen molar-refractivity contribution >= 4 is 35.4 Å². The average Bonchev–Trinajstić information content (AvgIpc) is 3.08. The van der Waals surface area contributed by atoms with Crippen molar-refractivity contribution in [1.82, 2.24) is 10.0 Å². The molecule has 0 aliphatic carbocycles. The fourth-order valence-electron chi connectivity index (χ4n) is 3.12. The number of rotatable bonds is 7. The molecule has 0 radical (unpaired) electrons. The number of carbonyl (C=O) groups excluding carboxylic acids is 4. The van der Waals surface area contributed by atoms with Crippen LogP contribution in [-0.2, 0) is 9.59 Å². The van der Waals surface area contributed by atoms with Crippen LogP contribution in [0.2, 0.25) is 0 Å².